The van der Waals surface area contributed by atoms with Crippen molar-refractivity contribution < 1.29 is 13.2 Å². The van der Waals surface area contributed by atoms with Crippen LogP contribution < -0.4 is 4.74 Å². The highest BCUT2D eigenvalue weighted by molar-refractivity contribution is 7.99. The lowest BCUT2D eigenvalue weighted by Crippen LogP contribution is -2.01. The number of sulfone groups is 1. The van der Waals surface area contributed by atoms with Crippen molar-refractivity contribution >= 4 is 68.6 Å². The molecule has 0 fully saturated rings. The first-order chi connectivity index (χ1) is 32.3. The SMILES string of the molecule is CSc1ccc(-c2ccc(C)cc2)cc1.CSc1ccc(Oc2ccc(C)cc2)cc1.CSc1ccc(S(=O)(=O)c2ccc(C)cc2)cc1.CSc1cccc(C)c1.CSc1ccccc1C. The molecule has 9 heteroatoms. The van der Waals surface area contributed by atoms with Gasteiger partial charge in [0.15, 0.2) is 0 Å². The Morgan fingerprint density at radius 3 is 1.12 bits per heavy atom. The number of rotatable bonds is 10. The van der Waals surface area contributed by atoms with Crippen LogP contribution in [0.1, 0.15) is 27.8 Å². The van der Waals surface area contributed by atoms with Crippen LogP contribution in [-0.4, -0.2) is 39.7 Å². The highest BCUT2D eigenvalue weighted by atomic mass is 32.2. The normalized spacial score (nSPS) is 10.4. The molecule has 67 heavy (non-hydrogen) atoms. The number of thioether (sulfide) groups is 5. The second-order valence-corrected chi connectivity index (χ2v) is 21.5. The Morgan fingerprint density at radius 1 is 0.343 bits per heavy atom. The fourth-order valence-electron chi connectivity index (χ4n) is 6.05. The van der Waals surface area contributed by atoms with Crippen LogP contribution in [0.15, 0.2) is 228 Å². The molecule has 0 aliphatic carbocycles. The van der Waals surface area contributed by atoms with Crippen LogP contribution in [-0.2, 0) is 9.84 Å². The molecule has 8 rings (SSSR count). The number of ether oxygens (including phenoxy) is 1. The third-order valence-electron chi connectivity index (χ3n) is 10.0. The number of aryl methyl sites for hydroxylation is 5. The van der Waals surface area contributed by atoms with Gasteiger partial charge >= 0.3 is 0 Å². The van der Waals surface area contributed by atoms with Crippen LogP contribution >= 0.6 is 58.8 Å². The van der Waals surface area contributed by atoms with Crippen LogP contribution in [0.2, 0.25) is 0 Å². The maximum absolute atomic E-state index is 12.3. The van der Waals surface area contributed by atoms with E-state index in [9.17, 15) is 8.42 Å². The molecule has 348 valence electrons. The topological polar surface area (TPSA) is 43.4 Å². The molecule has 3 nitrogen and oxygen atoms in total. The van der Waals surface area contributed by atoms with Gasteiger partial charge in [-0.2, -0.15) is 0 Å². The highest BCUT2D eigenvalue weighted by Gasteiger charge is 2.17. The zero-order chi connectivity index (χ0) is 48.6. The van der Waals surface area contributed by atoms with E-state index in [0.717, 1.165) is 22.0 Å². The molecule has 0 radical (unpaired) electrons. The van der Waals surface area contributed by atoms with E-state index in [4.69, 9.17) is 4.74 Å². The van der Waals surface area contributed by atoms with Gasteiger partial charge in [0.25, 0.3) is 0 Å². The molecule has 0 saturated heterocycles. The molecule has 0 spiro atoms. The quantitative estimate of drug-likeness (QED) is 0.126. The van der Waals surface area contributed by atoms with Crippen molar-refractivity contribution in [2.75, 3.05) is 31.3 Å². The van der Waals surface area contributed by atoms with Gasteiger partial charge in [0, 0.05) is 24.5 Å². The minimum atomic E-state index is -3.39. The fourth-order valence-corrected chi connectivity index (χ4v) is 9.66. The van der Waals surface area contributed by atoms with Crippen molar-refractivity contribution in [2.45, 2.75) is 68.9 Å². The summed E-state index contributed by atoms with van der Waals surface area (Å²) in [5, 5.41) is 0. The van der Waals surface area contributed by atoms with Crippen LogP contribution in [0.3, 0.4) is 0 Å². The van der Waals surface area contributed by atoms with Crippen molar-refractivity contribution in [3.63, 3.8) is 0 Å². The maximum atomic E-state index is 12.3. The molecule has 0 heterocycles. The van der Waals surface area contributed by atoms with E-state index in [0.29, 0.717) is 9.79 Å². The van der Waals surface area contributed by atoms with Gasteiger partial charge in [-0.05, 0) is 186 Å². The van der Waals surface area contributed by atoms with E-state index >= 15 is 0 Å². The largest absolute Gasteiger partial charge is 0.457 e. The van der Waals surface area contributed by atoms with Crippen LogP contribution in [0.25, 0.3) is 11.1 Å². The summed E-state index contributed by atoms with van der Waals surface area (Å²) in [5.41, 5.74) is 8.86. The summed E-state index contributed by atoms with van der Waals surface area (Å²) < 4.78 is 30.4. The summed E-state index contributed by atoms with van der Waals surface area (Å²) in [4.78, 5) is 7.00. The average molecular weight is 1000 g/mol. The summed E-state index contributed by atoms with van der Waals surface area (Å²) in [6.45, 7) is 10.4. The van der Waals surface area contributed by atoms with Crippen molar-refractivity contribution in [3.8, 4) is 22.6 Å². The molecule has 0 atom stereocenters. The summed E-state index contributed by atoms with van der Waals surface area (Å²) in [7, 11) is -3.39. The lowest BCUT2D eigenvalue weighted by atomic mass is 10.0. The Morgan fingerprint density at radius 2 is 0.716 bits per heavy atom. The van der Waals surface area contributed by atoms with Gasteiger partial charge in [0.1, 0.15) is 11.5 Å². The van der Waals surface area contributed by atoms with Gasteiger partial charge in [-0.1, -0.05) is 113 Å². The minimum absolute atomic E-state index is 0.337. The average Bonchev–Trinajstić information content (AvgIpc) is 3.36. The Kier molecular flexibility index (Phi) is 23.9. The second-order valence-electron chi connectivity index (χ2n) is 15.2. The second kappa shape index (κ2) is 29.2. The maximum Gasteiger partial charge on any atom is 0.206 e. The van der Waals surface area contributed by atoms with Gasteiger partial charge < -0.3 is 4.74 Å². The lowest BCUT2D eigenvalue weighted by Gasteiger charge is -2.06. The first kappa shape index (κ1) is 54.9. The number of hydrogen-bond donors (Lipinski definition) is 0. The summed E-state index contributed by atoms with van der Waals surface area (Å²) in [5.74, 6) is 1.75. The monoisotopic (exact) mass is 998 g/mol. The standard InChI is InChI=1S/C14H14O2S2.C14H14OS.C14H14S.2C8H10S/c1-11-3-7-13(8-4-11)18(15,16)14-9-5-12(17-2)6-10-14;1-11-3-5-12(6-4-11)15-13-7-9-14(16-2)10-8-13;1-11-3-5-12(6-4-11)13-7-9-14(15-2)10-8-13;1-7-4-3-5-8(6-7)9-2;1-7-5-3-4-6-8(7)9-2/h3-10H,1-2H3;3-10H,1-2H3;3-10H,1-2H3;2*3-6H,1-2H3. The first-order valence-electron chi connectivity index (χ1n) is 21.5. The molecular formula is C58H62O3S6. The molecule has 0 bridgehead atoms. The zero-order valence-corrected chi connectivity index (χ0v) is 45.0. The molecule has 0 saturated carbocycles. The predicted molar refractivity (Wildman–Crippen MR) is 299 cm³/mol. The Bertz CT molecular complexity index is 2750. The van der Waals surface area contributed by atoms with Gasteiger partial charge in [0.2, 0.25) is 9.84 Å². The number of hydrogen-bond acceptors (Lipinski definition) is 8. The number of benzene rings is 8. The first-order valence-corrected chi connectivity index (χ1v) is 29.1. The Labute approximate surface area is 423 Å². The van der Waals surface area contributed by atoms with Crippen LogP contribution in [0.4, 0.5) is 0 Å². The molecule has 8 aromatic carbocycles. The van der Waals surface area contributed by atoms with Crippen LogP contribution in [0.5, 0.6) is 11.5 Å². The van der Waals surface area contributed by atoms with E-state index in [1.54, 1.807) is 83.1 Å². The van der Waals surface area contributed by atoms with E-state index in [-0.39, 0.29) is 0 Å². The molecule has 0 N–H and O–H groups in total. The van der Waals surface area contributed by atoms with Crippen molar-refractivity contribution in [1.82, 2.24) is 0 Å². The third kappa shape index (κ3) is 19.1. The van der Waals surface area contributed by atoms with Crippen molar-refractivity contribution in [3.05, 3.63) is 222 Å². The van der Waals surface area contributed by atoms with E-state index in [2.05, 4.69) is 162 Å². The predicted octanol–water partition coefficient (Wildman–Crippen LogP) is 17.9. The van der Waals surface area contributed by atoms with Gasteiger partial charge in [0.05, 0.1) is 9.79 Å². The molecule has 8 aromatic rings. The summed E-state index contributed by atoms with van der Waals surface area (Å²) in [6.07, 6.45) is 10.3. The lowest BCUT2D eigenvalue weighted by molar-refractivity contribution is 0.482. The van der Waals surface area contributed by atoms with Crippen LogP contribution in [0, 0.1) is 34.6 Å². The summed E-state index contributed by atoms with van der Waals surface area (Å²) in [6, 6.07) is 64.3. The zero-order valence-electron chi connectivity index (χ0n) is 40.1. The van der Waals surface area contributed by atoms with E-state index in [1.165, 1.54) is 53.0 Å². The van der Waals surface area contributed by atoms with Gasteiger partial charge in [-0.25, -0.2) is 8.42 Å². The van der Waals surface area contributed by atoms with Crippen molar-refractivity contribution in [1.29, 1.82) is 0 Å². The van der Waals surface area contributed by atoms with Crippen molar-refractivity contribution in [2.24, 2.45) is 0 Å². The third-order valence-corrected chi connectivity index (χ3v) is 15.7. The van der Waals surface area contributed by atoms with Gasteiger partial charge in [-0.15, -0.1) is 58.8 Å². The highest BCUT2D eigenvalue weighted by Crippen LogP contribution is 2.27. The molecule has 0 unspecified atom stereocenters. The smallest absolute Gasteiger partial charge is 0.206 e. The fraction of sp³-hybridized carbons (Fsp3) is 0.172. The summed E-state index contributed by atoms with van der Waals surface area (Å²) >= 11 is 8.67. The van der Waals surface area contributed by atoms with E-state index in [1.807, 2.05) is 73.8 Å². The Hall–Kier alpha value is -4.74. The molecule has 0 amide bonds. The molecule has 0 aromatic heterocycles. The molecule has 0 aliphatic heterocycles. The Balaban J connectivity index is 0.000000187. The minimum Gasteiger partial charge on any atom is -0.457 e. The molecule has 0 aliphatic rings. The van der Waals surface area contributed by atoms with E-state index < -0.39 is 9.84 Å². The van der Waals surface area contributed by atoms with Gasteiger partial charge in [-0.3, -0.25) is 0 Å². The molecular weight excluding hydrogens is 937 g/mol.